The molecule has 0 saturated carbocycles. The molecular formula is C24H27N5OS. The summed E-state index contributed by atoms with van der Waals surface area (Å²) in [4.78, 5) is 12.5. The van der Waals surface area contributed by atoms with E-state index in [0.717, 1.165) is 33.5 Å². The minimum Gasteiger partial charge on any atom is -0.267 e. The number of aryl methyl sites for hydroxylation is 1. The van der Waals surface area contributed by atoms with Crippen molar-refractivity contribution in [2.24, 2.45) is 7.05 Å². The second-order valence-corrected chi connectivity index (χ2v) is 10.3. The van der Waals surface area contributed by atoms with Crippen LogP contribution in [-0.2, 0) is 7.05 Å². The van der Waals surface area contributed by atoms with Gasteiger partial charge in [0.05, 0.1) is 29.0 Å². The fourth-order valence-corrected chi connectivity index (χ4v) is 4.23. The maximum absolute atomic E-state index is 12.5. The molecule has 0 aliphatic heterocycles. The lowest BCUT2D eigenvalue weighted by Crippen LogP contribution is -2.22. The molecule has 2 heterocycles. The van der Waals surface area contributed by atoms with Crippen molar-refractivity contribution in [2.75, 3.05) is 0 Å². The van der Waals surface area contributed by atoms with Gasteiger partial charge in [-0.3, -0.25) is 14.2 Å². The maximum atomic E-state index is 12.5. The molecule has 0 aliphatic carbocycles. The summed E-state index contributed by atoms with van der Waals surface area (Å²) in [6, 6.07) is 16.1. The van der Waals surface area contributed by atoms with Crippen LogP contribution in [0.2, 0.25) is 0 Å². The molecule has 4 aromatic rings. The van der Waals surface area contributed by atoms with Crippen LogP contribution in [0.4, 0.5) is 0 Å². The molecule has 160 valence electrons. The molecule has 0 radical (unpaired) electrons. The minimum absolute atomic E-state index is 0.0404. The van der Waals surface area contributed by atoms with Crippen LogP contribution in [0, 0.1) is 0 Å². The first-order chi connectivity index (χ1) is 14.7. The van der Waals surface area contributed by atoms with Gasteiger partial charge in [0.15, 0.2) is 0 Å². The van der Waals surface area contributed by atoms with E-state index >= 15 is 0 Å². The highest BCUT2D eigenvalue weighted by Crippen LogP contribution is 2.34. The van der Waals surface area contributed by atoms with Gasteiger partial charge >= 0.3 is 0 Å². The van der Waals surface area contributed by atoms with Gasteiger partial charge in [0.2, 0.25) is 0 Å². The summed E-state index contributed by atoms with van der Waals surface area (Å²) in [5, 5.41) is 13.0. The predicted molar refractivity (Wildman–Crippen MR) is 129 cm³/mol. The Morgan fingerprint density at radius 3 is 2.52 bits per heavy atom. The molecule has 0 amide bonds. The van der Waals surface area contributed by atoms with E-state index in [4.69, 9.17) is 0 Å². The molecular weight excluding hydrogens is 406 g/mol. The van der Waals surface area contributed by atoms with E-state index < -0.39 is 0 Å². The molecule has 0 saturated heterocycles. The number of nitrogens with zero attached hydrogens (tertiary/aromatic N) is 3. The quantitative estimate of drug-likeness (QED) is 0.429. The lowest BCUT2D eigenvalue weighted by molar-refractivity contribution is 0.694. The highest BCUT2D eigenvalue weighted by atomic mass is 32.2. The highest BCUT2D eigenvalue weighted by Gasteiger charge is 2.19. The normalized spacial score (nSPS) is 12.9. The van der Waals surface area contributed by atoms with Crippen LogP contribution >= 0.6 is 11.9 Å². The zero-order valence-corrected chi connectivity index (χ0v) is 19.2. The van der Waals surface area contributed by atoms with E-state index in [9.17, 15) is 4.79 Å². The fraction of sp³-hybridized carbons (Fsp3) is 0.292. The topological polar surface area (TPSA) is 75.6 Å². The van der Waals surface area contributed by atoms with Gasteiger partial charge in [-0.25, -0.2) is 5.10 Å². The van der Waals surface area contributed by atoms with Crippen molar-refractivity contribution in [3.63, 3.8) is 0 Å². The SMILES string of the molecule is CC(NSC(C)(C)C)c1n[nH]c(=O)c2ccc(-c3cnn(C)c3-c3ccccc3)cc12. The first-order valence-corrected chi connectivity index (χ1v) is 11.1. The molecule has 0 spiro atoms. The summed E-state index contributed by atoms with van der Waals surface area (Å²) >= 11 is 1.66. The van der Waals surface area contributed by atoms with E-state index in [1.807, 2.05) is 48.3 Å². The number of aromatic amines is 1. The number of hydrogen-bond donors (Lipinski definition) is 2. The van der Waals surface area contributed by atoms with Crippen LogP contribution in [0.3, 0.4) is 0 Å². The zero-order valence-electron chi connectivity index (χ0n) is 18.4. The Kier molecular flexibility index (Phi) is 5.73. The van der Waals surface area contributed by atoms with Crippen LogP contribution in [0.25, 0.3) is 33.2 Å². The summed E-state index contributed by atoms with van der Waals surface area (Å²) < 4.78 is 5.42. The van der Waals surface area contributed by atoms with Crippen LogP contribution in [0.1, 0.15) is 39.4 Å². The monoisotopic (exact) mass is 433 g/mol. The number of H-pyrrole nitrogens is 1. The maximum Gasteiger partial charge on any atom is 0.272 e. The third-order valence-corrected chi connectivity index (χ3v) is 6.15. The summed E-state index contributed by atoms with van der Waals surface area (Å²) in [6.07, 6.45) is 1.88. The Morgan fingerprint density at radius 2 is 1.81 bits per heavy atom. The predicted octanol–water partition coefficient (Wildman–Crippen LogP) is 5.09. The number of benzene rings is 2. The van der Waals surface area contributed by atoms with Gasteiger partial charge < -0.3 is 0 Å². The molecule has 0 aliphatic rings. The Bertz CT molecular complexity index is 1270. The van der Waals surface area contributed by atoms with Gasteiger partial charge in [-0.05, 0) is 45.4 Å². The molecule has 31 heavy (non-hydrogen) atoms. The van der Waals surface area contributed by atoms with E-state index in [1.54, 1.807) is 11.9 Å². The van der Waals surface area contributed by atoms with Gasteiger partial charge in [0.25, 0.3) is 5.56 Å². The van der Waals surface area contributed by atoms with Crippen LogP contribution in [0.15, 0.2) is 59.5 Å². The Morgan fingerprint density at radius 1 is 1.06 bits per heavy atom. The average Bonchev–Trinajstić information content (AvgIpc) is 3.13. The molecule has 7 heteroatoms. The van der Waals surface area contributed by atoms with Crippen molar-refractivity contribution < 1.29 is 0 Å². The summed E-state index contributed by atoms with van der Waals surface area (Å²) in [7, 11) is 1.94. The number of rotatable bonds is 5. The van der Waals surface area contributed by atoms with E-state index in [2.05, 4.69) is 65.9 Å². The van der Waals surface area contributed by atoms with E-state index in [0.29, 0.717) is 5.39 Å². The van der Waals surface area contributed by atoms with Gasteiger partial charge in [0.1, 0.15) is 0 Å². The standard InChI is InChI=1S/C24H27N5OS/c1-15(28-31-24(2,3)4)21-19-13-17(11-12-18(19)23(30)27-26-21)20-14-25-29(5)22(20)16-9-7-6-8-10-16/h6-15,28H,1-5H3,(H,27,30). The van der Waals surface area contributed by atoms with Crippen molar-refractivity contribution in [3.05, 3.63) is 70.8 Å². The van der Waals surface area contributed by atoms with E-state index in [-0.39, 0.29) is 16.3 Å². The lowest BCUT2D eigenvalue weighted by atomic mass is 9.98. The van der Waals surface area contributed by atoms with Crippen LogP contribution < -0.4 is 10.3 Å². The summed E-state index contributed by atoms with van der Waals surface area (Å²) in [6.45, 7) is 8.52. The molecule has 6 nitrogen and oxygen atoms in total. The van der Waals surface area contributed by atoms with Crippen molar-refractivity contribution >= 4 is 22.7 Å². The number of aromatic nitrogens is 4. The lowest BCUT2D eigenvalue weighted by Gasteiger charge is -2.22. The molecule has 1 unspecified atom stereocenters. The highest BCUT2D eigenvalue weighted by molar-refractivity contribution is 7.98. The van der Waals surface area contributed by atoms with Crippen molar-refractivity contribution in [1.29, 1.82) is 0 Å². The van der Waals surface area contributed by atoms with Gasteiger partial charge in [-0.2, -0.15) is 10.2 Å². The van der Waals surface area contributed by atoms with Crippen molar-refractivity contribution in [1.82, 2.24) is 24.7 Å². The van der Waals surface area contributed by atoms with Crippen molar-refractivity contribution in [2.45, 2.75) is 38.5 Å². The second kappa shape index (κ2) is 8.32. The summed E-state index contributed by atoms with van der Waals surface area (Å²) in [5.41, 5.74) is 4.79. The Balaban J connectivity index is 1.83. The van der Waals surface area contributed by atoms with E-state index in [1.165, 1.54) is 0 Å². The third-order valence-electron chi connectivity index (χ3n) is 5.07. The molecule has 0 fully saturated rings. The number of fused-ring (bicyclic) bond motifs is 1. The molecule has 1 atom stereocenters. The van der Waals surface area contributed by atoms with Crippen LogP contribution in [-0.4, -0.2) is 24.7 Å². The molecule has 2 aromatic heterocycles. The number of hydrogen-bond acceptors (Lipinski definition) is 5. The fourth-order valence-electron chi connectivity index (χ4n) is 3.59. The van der Waals surface area contributed by atoms with Crippen molar-refractivity contribution in [3.8, 4) is 22.4 Å². The smallest absolute Gasteiger partial charge is 0.267 e. The molecule has 4 rings (SSSR count). The Labute approximate surface area is 186 Å². The van der Waals surface area contributed by atoms with Crippen LogP contribution in [0.5, 0.6) is 0 Å². The van der Waals surface area contributed by atoms with Gasteiger partial charge in [-0.1, -0.05) is 48.3 Å². The minimum atomic E-state index is -0.185. The van der Waals surface area contributed by atoms with Gasteiger partial charge in [0, 0.05) is 28.3 Å². The first kappa shape index (κ1) is 21.3. The van der Waals surface area contributed by atoms with Gasteiger partial charge in [-0.15, -0.1) is 0 Å². The summed E-state index contributed by atoms with van der Waals surface area (Å²) in [5.74, 6) is 0. The Hall–Kier alpha value is -2.90. The number of nitrogens with one attached hydrogen (secondary N) is 2. The largest absolute Gasteiger partial charge is 0.272 e. The second-order valence-electron chi connectivity index (χ2n) is 8.65. The zero-order chi connectivity index (χ0) is 22.2. The molecule has 2 aromatic carbocycles. The first-order valence-electron chi connectivity index (χ1n) is 10.3. The third kappa shape index (κ3) is 4.43. The molecule has 2 N–H and O–H groups in total. The molecule has 0 bridgehead atoms. The average molecular weight is 434 g/mol.